The first-order valence-corrected chi connectivity index (χ1v) is 4.95. The van der Waals surface area contributed by atoms with Crippen molar-refractivity contribution in [2.75, 3.05) is 0 Å². The van der Waals surface area contributed by atoms with Crippen molar-refractivity contribution in [1.82, 2.24) is 0 Å². The molecule has 0 fully saturated rings. The van der Waals surface area contributed by atoms with Gasteiger partial charge in [-0.25, -0.2) is 4.79 Å². The molecule has 6 nitrogen and oxygen atoms in total. The molecule has 0 aliphatic carbocycles. The third-order valence-corrected chi connectivity index (χ3v) is 1.99. The topological polar surface area (TPSA) is 86.5 Å². The molecule has 16 heavy (non-hydrogen) atoms. The van der Waals surface area contributed by atoms with Crippen molar-refractivity contribution in [2.45, 2.75) is 51.7 Å². The molecule has 0 bridgehead atoms. The Hall–Kier alpha value is -1.46. The summed E-state index contributed by atoms with van der Waals surface area (Å²) in [5.41, 5.74) is -2.64. The Morgan fingerprint density at radius 1 is 1.38 bits per heavy atom. The van der Waals surface area contributed by atoms with Crippen LogP contribution in [0.4, 0.5) is 0 Å². The summed E-state index contributed by atoms with van der Waals surface area (Å²) in [4.78, 5) is 32.0. The highest BCUT2D eigenvalue weighted by molar-refractivity contribution is 5.79. The van der Waals surface area contributed by atoms with E-state index in [0.29, 0.717) is 6.29 Å². The molecule has 0 saturated carbocycles. The monoisotopic (exact) mass is 231 g/mol. The summed E-state index contributed by atoms with van der Waals surface area (Å²) in [5, 5.41) is 10.8. The van der Waals surface area contributed by atoms with Gasteiger partial charge in [-0.1, -0.05) is 0 Å². The van der Waals surface area contributed by atoms with Gasteiger partial charge in [-0.2, -0.15) is 0 Å². The van der Waals surface area contributed by atoms with Crippen LogP contribution < -0.4 is 0 Å². The summed E-state index contributed by atoms with van der Waals surface area (Å²) < 4.78 is 4.96. The zero-order chi connectivity index (χ0) is 13.0. The van der Waals surface area contributed by atoms with Gasteiger partial charge in [0.15, 0.2) is 0 Å². The average Bonchev–Trinajstić information content (AvgIpc) is 2.10. The number of hydrogen-bond acceptors (Lipinski definition) is 5. The minimum atomic E-state index is -1.85. The Morgan fingerprint density at radius 3 is 2.19 bits per heavy atom. The number of nitro groups is 1. The number of carbonyl (C=O) groups excluding carboxylic acids is 2. The van der Waals surface area contributed by atoms with Crippen LogP contribution in [0.15, 0.2) is 0 Å². The van der Waals surface area contributed by atoms with Crippen LogP contribution in [0.5, 0.6) is 0 Å². The smallest absolute Gasteiger partial charge is 0.385 e. The minimum absolute atomic E-state index is 0.0449. The first-order chi connectivity index (χ1) is 7.13. The average molecular weight is 231 g/mol. The van der Waals surface area contributed by atoms with E-state index in [4.69, 9.17) is 4.74 Å². The van der Waals surface area contributed by atoms with Crippen LogP contribution in [0.3, 0.4) is 0 Å². The SMILES string of the molecule is CC(C)(C)OC(=O)C(C)(CCC=O)[N+](=O)[O-]. The van der Waals surface area contributed by atoms with E-state index in [0.717, 1.165) is 0 Å². The van der Waals surface area contributed by atoms with E-state index in [2.05, 4.69) is 0 Å². The van der Waals surface area contributed by atoms with Crippen LogP contribution in [-0.2, 0) is 14.3 Å². The van der Waals surface area contributed by atoms with Crippen molar-refractivity contribution in [3.8, 4) is 0 Å². The number of hydrogen-bond donors (Lipinski definition) is 0. The Morgan fingerprint density at radius 2 is 1.88 bits per heavy atom. The molecule has 0 radical (unpaired) electrons. The van der Waals surface area contributed by atoms with Crippen LogP contribution in [0.25, 0.3) is 0 Å². The maximum atomic E-state index is 11.6. The molecule has 1 unspecified atom stereocenters. The number of nitrogens with zero attached hydrogens (tertiary/aromatic N) is 1. The third kappa shape index (κ3) is 3.96. The molecule has 1 atom stereocenters. The first kappa shape index (κ1) is 14.5. The van der Waals surface area contributed by atoms with Gasteiger partial charge < -0.3 is 9.53 Å². The van der Waals surface area contributed by atoms with E-state index in [1.54, 1.807) is 20.8 Å². The van der Waals surface area contributed by atoms with Gasteiger partial charge in [0.25, 0.3) is 0 Å². The maximum absolute atomic E-state index is 11.6. The first-order valence-electron chi connectivity index (χ1n) is 4.95. The number of rotatable bonds is 5. The highest BCUT2D eigenvalue weighted by Gasteiger charge is 2.48. The molecule has 0 spiro atoms. The summed E-state index contributed by atoms with van der Waals surface area (Å²) >= 11 is 0. The molecular formula is C10H17NO5. The number of aldehydes is 1. The molecule has 0 rings (SSSR count). The highest BCUT2D eigenvalue weighted by atomic mass is 16.6. The fourth-order valence-corrected chi connectivity index (χ4v) is 0.996. The molecule has 0 aliphatic rings. The molecular weight excluding hydrogens is 214 g/mol. The normalized spacial score (nSPS) is 15.0. The van der Waals surface area contributed by atoms with Gasteiger partial charge in [0.05, 0.1) is 0 Å². The lowest BCUT2D eigenvalue weighted by atomic mass is 9.97. The standard InChI is InChI=1S/C10H17NO5/c1-9(2,3)16-8(13)10(4,11(14)15)6-5-7-12/h7H,5-6H2,1-4H3. The van der Waals surface area contributed by atoms with Crippen LogP contribution in [0, 0.1) is 10.1 Å². The highest BCUT2D eigenvalue weighted by Crippen LogP contribution is 2.21. The van der Waals surface area contributed by atoms with Gasteiger partial charge in [0.1, 0.15) is 11.9 Å². The van der Waals surface area contributed by atoms with E-state index < -0.39 is 22.0 Å². The van der Waals surface area contributed by atoms with E-state index in [9.17, 15) is 19.7 Å². The quantitative estimate of drug-likeness (QED) is 0.308. The second kappa shape index (κ2) is 5.05. The third-order valence-electron chi connectivity index (χ3n) is 1.99. The van der Waals surface area contributed by atoms with E-state index in [-0.39, 0.29) is 12.8 Å². The van der Waals surface area contributed by atoms with Gasteiger partial charge in [-0.3, -0.25) is 10.1 Å². The van der Waals surface area contributed by atoms with Crippen LogP contribution in [0.1, 0.15) is 40.5 Å². The van der Waals surface area contributed by atoms with Gasteiger partial charge in [0, 0.05) is 24.7 Å². The van der Waals surface area contributed by atoms with Crippen molar-refractivity contribution in [3.63, 3.8) is 0 Å². The summed E-state index contributed by atoms with van der Waals surface area (Å²) in [6, 6.07) is 0. The predicted molar refractivity (Wildman–Crippen MR) is 56.5 cm³/mol. The number of esters is 1. The maximum Gasteiger partial charge on any atom is 0.385 e. The molecule has 0 N–H and O–H groups in total. The fraction of sp³-hybridized carbons (Fsp3) is 0.800. The zero-order valence-corrected chi connectivity index (χ0v) is 9.98. The molecule has 0 aromatic carbocycles. The van der Waals surface area contributed by atoms with Gasteiger partial charge in [-0.05, 0) is 20.8 Å². The molecule has 0 saturated heterocycles. The Kier molecular flexibility index (Phi) is 4.59. The van der Waals surface area contributed by atoms with Gasteiger partial charge in [0.2, 0.25) is 0 Å². The van der Waals surface area contributed by atoms with E-state index in [1.807, 2.05) is 0 Å². The lowest BCUT2D eigenvalue weighted by Gasteiger charge is -2.25. The van der Waals surface area contributed by atoms with Crippen molar-refractivity contribution in [2.24, 2.45) is 0 Å². The molecule has 0 aromatic heterocycles. The van der Waals surface area contributed by atoms with Gasteiger partial charge >= 0.3 is 11.5 Å². The number of carbonyl (C=O) groups is 2. The van der Waals surface area contributed by atoms with E-state index in [1.165, 1.54) is 6.92 Å². The Labute approximate surface area is 94.1 Å². The van der Waals surface area contributed by atoms with Crippen LogP contribution in [0.2, 0.25) is 0 Å². The van der Waals surface area contributed by atoms with Crippen molar-refractivity contribution >= 4 is 12.3 Å². The molecule has 0 aromatic rings. The zero-order valence-electron chi connectivity index (χ0n) is 9.98. The van der Waals surface area contributed by atoms with Crippen molar-refractivity contribution in [1.29, 1.82) is 0 Å². The molecule has 6 heteroatoms. The second-order valence-corrected chi connectivity index (χ2v) is 4.74. The Bertz CT molecular complexity index is 294. The van der Waals surface area contributed by atoms with Crippen molar-refractivity contribution in [3.05, 3.63) is 10.1 Å². The fourth-order valence-electron chi connectivity index (χ4n) is 0.996. The summed E-state index contributed by atoms with van der Waals surface area (Å²) in [5.74, 6) is -0.910. The lowest BCUT2D eigenvalue weighted by Crippen LogP contribution is -2.47. The molecule has 0 aliphatic heterocycles. The van der Waals surface area contributed by atoms with Crippen LogP contribution in [-0.4, -0.2) is 28.3 Å². The van der Waals surface area contributed by atoms with Crippen LogP contribution >= 0.6 is 0 Å². The minimum Gasteiger partial charge on any atom is -0.455 e. The largest absolute Gasteiger partial charge is 0.455 e. The summed E-state index contributed by atoms with van der Waals surface area (Å²) in [6.45, 7) is 6.06. The molecule has 92 valence electrons. The predicted octanol–water partition coefficient (Wildman–Crippen LogP) is 1.34. The van der Waals surface area contributed by atoms with Gasteiger partial charge in [-0.15, -0.1) is 0 Å². The lowest BCUT2D eigenvalue weighted by molar-refractivity contribution is -0.552. The summed E-state index contributed by atoms with van der Waals surface area (Å²) in [6.07, 6.45) is 0.348. The summed E-state index contributed by atoms with van der Waals surface area (Å²) in [7, 11) is 0. The van der Waals surface area contributed by atoms with Crippen molar-refractivity contribution < 1.29 is 19.2 Å². The molecule has 0 heterocycles. The molecule has 0 amide bonds. The number of ether oxygens (including phenoxy) is 1. The Balaban J connectivity index is 4.84. The second-order valence-electron chi connectivity index (χ2n) is 4.74. The van der Waals surface area contributed by atoms with E-state index >= 15 is 0 Å².